The molecule has 0 aromatic rings. The van der Waals surface area contributed by atoms with Crippen molar-refractivity contribution in [1.29, 1.82) is 0 Å². The minimum Gasteiger partial charge on any atom is -0.356 e. The van der Waals surface area contributed by atoms with Crippen molar-refractivity contribution < 1.29 is 4.79 Å². The van der Waals surface area contributed by atoms with E-state index >= 15 is 0 Å². The van der Waals surface area contributed by atoms with Crippen LogP contribution in [0.15, 0.2) is 0 Å². The standard InChI is InChI=1S/C16H34N2O/c1-15(2)16(19)18-14-12-10-8-6-4-3-5-7-9-11-13-17/h15H,3-14,17H2,1-2H3,(H,18,19). The molecule has 0 atom stereocenters. The van der Waals surface area contributed by atoms with E-state index in [0.717, 1.165) is 19.5 Å². The Kier molecular flexibility index (Phi) is 13.4. The second-order valence-electron chi connectivity index (χ2n) is 5.77. The Bertz CT molecular complexity index is 205. The van der Waals surface area contributed by atoms with E-state index in [1.165, 1.54) is 57.8 Å². The van der Waals surface area contributed by atoms with Gasteiger partial charge in [-0.25, -0.2) is 0 Å². The lowest BCUT2D eigenvalue weighted by Gasteiger charge is -2.07. The van der Waals surface area contributed by atoms with Crippen LogP contribution in [0.2, 0.25) is 0 Å². The van der Waals surface area contributed by atoms with Crippen LogP contribution in [0.1, 0.15) is 78.1 Å². The second kappa shape index (κ2) is 13.9. The van der Waals surface area contributed by atoms with Gasteiger partial charge in [-0.3, -0.25) is 4.79 Å². The Morgan fingerprint density at radius 2 is 1.26 bits per heavy atom. The fourth-order valence-electron chi connectivity index (χ4n) is 2.10. The lowest BCUT2D eigenvalue weighted by molar-refractivity contribution is -0.123. The zero-order valence-electron chi connectivity index (χ0n) is 13.0. The van der Waals surface area contributed by atoms with Crippen LogP contribution in [0.3, 0.4) is 0 Å². The molecule has 0 saturated heterocycles. The first-order valence-electron chi connectivity index (χ1n) is 8.16. The van der Waals surface area contributed by atoms with E-state index in [2.05, 4.69) is 5.32 Å². The molecule has 19 heavy (non-hydrogen) atoms. The number of carbonyl (C=O) groups excluding carboxylic acids is 1. The van der Waals surface area contributed by atoms with Gasteiger partial charge in [0.1, 0.15) is 0 Å². The van der Waals surface area contributed by atoms with Gasteiger partial charge in [-0.15, -0.1) is 0 Å². The number of hydrogen-bond acceptors (Lipinski definition) is 2. The van der Waals surface area contributed by atoms with Crippen LogP contribution in [-0.4, -0.2) is 19.0 Å². The summed E-state index contributed by atoms with van der Waals surface area (Å²) in [4.78, 5) is 11.3. The molecular formula is C16H34N2O. The summed E-state index contributed by atoms with van der Waals surface area (Å²) < 4.78 is 0. The van der Waals surface area contributed by atoms with Gasteiger partial charge < -0.3 is 11.1 Å². The Balaban J connectivity index is 3.05. The number of nitrogens with one attached hydrogen (secondary N) is 1. The van der Waals surface area contributed by atoms with Crippen molar-refractivity contribution in [2.75, 3.05) is 13.1 Å². The van der Waals surface area contributed by atoms with Crippen molar-refractivity contribution in [3.05, 3.63) is 0 Å². The number of unbranched alkanes of at least 4 members (excludes halogenated alkanes) is 9. The minimum absolute atomic E-state index is 0.110. The Morgan fingerprint density at radius 1 is 0.842 bits per heavy atom. The highest BCUT2D eigenvalue weighted by molar-refractivity contribution is 5.77. The summed E-state index contributed by atoms with van der Waals surface area (Å²) in [6.45, 7) is 5.55. The quantitative estimate of drug-likeness (QED) is 0.502. The molecule has 0 saturated carbocycles. The zero-order valence-corrected chi connectivity index (χ0v) is 13.0. The van der Waals surface area contributed by atoms with E-state index in [1.54, 1.807) is 0 Å². The molecule has 0 bridgehead atoms. The van der Waals surface area contributed by atoms with Crippen LogP contribution in [0.4, 0.5) is 0 Å². The van der Waals surface area contributed by atoms with Crippen LogP contribution in [0.25, 0.3) is 0 Å². The lowest BCUT2D eigenvalue weighted by atomic mass is 10.1. The smallest absolute Gasteiger partial charge is 0.222 e. The number of hydrogen-bond donors (Lipinski definition) is 2. The van der Waals surface area contributed by atoms with Crippen molar-refractivity contribution in [3.63, 3.8) is 0 Å². The summed E-state index contributed by atoms with van der Waals surface area (Å²) in [6.07, 6.45) is 12.9. The monoisotopic (exact) mass is 270 g/mol. The van der Waals surface area contributed by atoms with Gasteiger partial charge >= 0.3 is 0 Å². The molecule has 0 fully saturated rings. The molecule has 0 radical (unpaired) electrons. The van der Waals surface area contributed by atoms with E-state index in [4.69, 9.17) is 5.73 Å². The largest absolute Gasteiger partial charge is 0.356 e. The normalized spacial score (nSPS) is 10.9. The molecule has 0 aliphatic heterocycles. The van der Waals surface area contributed by atoms with Gasteiger partial charge in [0.15, 0.2) is 0 Å². The maximum Gasteiger partial charge on any atom is 0.222 e. The summed E-state index contributed by atoms with van der Waals surface area (Å²) in [5, 5.41) is 2.96. The van der Waals surface area contributed by atoms with Gasteiger partial charge in [-0.2, -0.15) is 0 Å². The number of amides is 1. The molecule has 0 aliphatic carbocycles. The van der Waals surface area contributed by atoms with Gasteiger partial charge in [0.25, 0.3) is 0 Å². The molecule has 0 rings (SSSR count). The van der Waals surface area contributed by atoms with Crippen molar-refractivity contribution in [3.8, 4) is 0 Å². The van der Waals surface area contributed by atoms with Crippen molar-refractivity contribution in [1.82, 2.24) is 5.32 Å². The van der Waals surface area contributed by atoms with Crippen molar-refractivity contribution in [2.24, 2.45) is 11.7 Å². The average molecular weight is 270 g/mol. The van der Waals surface area contributed by atoms with E-state index in [0.29, 0.717) is 0 Å². The van der Waals surface area contributed by atoms with Crippen LogP contribution >= 0.6 is 0 Å². The van der Waals surface area contributed by atoms with Gasteiger partial charge in [-0.05, 0) is 19.4 Å². The third-order valence-corrected chi connectivity index (χ3v) is 3.45. The maximum atomic E-state index is 11.3. The fraction of sp³-hybridized carbons (Fsp3) is 0.938. The molecular weight excluding hydrogens is 236 g/mol. The Labute approximate surface area is 119 Å². The molecule has 0 spiro atoms. The molecule has 1 amide bonds. The van der Waals surface area contributed by atoms with E-state index in [1.807, 2.05) is 13.8 Å². The molecule has 0 unspecified atom stereocenters. The van der Waals surface area contributed by atoms with Crippen LogP contribution in [0.5, 0.6) is 0 Å². The van der Waals surface area contributed by atoms with Crippen LogP contribution < -0.4 is 11.1 Å². The average Bonchev–Trinajstić information content (AvgIpc) is 2.39. The fourth-order valence-corrected chi connectivity index (χ4v) is 2.10. The molecule has 3 nitrogen and oxygen atoms in total. The van der Waals surface area contributed by atoms with Crippen LogP contribution in [0, 0.1) is 5.92 Å². The van der Waals surface area contributed by atoms with E-state index < -0.39 is 0 Å². The number of rotatable bonds is 13. The number of carbonyl (C=O) groups is 1. The van der Waals surface area contributed by atoms with Gasteiger partial charge in [-0.1, -0.05) is 65.2 Å². The SMILES string of the molecule is CC(C)C(=O)NCCCCCCCCCCCCN. The van der Waals surface area contributed by atoms with Gasteiger partial charge in [0.2, 0.25) is 5.91 Å². The first-order valence-corrected chi connectivity index (χ1v) is 8.16. The topological polar surface area (TPSA) is 55.1 Å². The Morgan fingerprint density at radius 3 is 1.68 bits per heavy atom. The third-order valence-electron chi connectivity index (χ3n) is 3.45. The Hall–Kier alpha value is -0.570. The van der Waals surface area contributed by atoms with Crippen LogP contribution in [-0.2, 0) is 4.79 Å². The maximum absolute atomic E-state index is 11.3. The minimum atomic E-state index is 0.110. The molecule has 3 N–H and O–H groups in total. The highest BCUT2D eigenvalue weighted by Gasteiger charge is 2.04. The second-order valence-corrected chi connectivity index (χ2v) is 5.77. The van der Waals surface area contributed by atoms with E-state index in [-0.39, 0.29) is 11.8 Å². The molecule has 0 aromatic carbocycles. The highest BCUT2D eigenvalue weighted by atomic mass is 16.1. The molecule has 0 aliphatic rings. The van der Waals surface area contributed by atoms with Gasteiger partial charge in [0.05, 0.1) is 0 Å². The molecule has 3 heteroatoms. The third kappa shape index (κ3) is 13.7. The first kappa shape index (κ1) is 18.4. The van der Waals surface area contributed by atoms with Crippen molar-refractivity contribution in [2.45, 2.75) is 78.1 Å². The molecule has 0 heterocycles. The number of nitrogens with two attached hydrogens (primary N) is 1. The summed E-state index contributed by atoms with van der Waals surface area (Å²) >= 11 is 0. The van der Waals surface area contributed by atoms with Crippen molar-refractivity contribution >= 4 is 5.91 Å². The summed E-state index contributed by atoms with van der Waals surface area (Å²) in [7, 11) is 0. The summed E-state index contributed by atoms with van der Waals surface area (Å²) in [5.41, 5.74) is 5.46. The first-order chi connectivity index (χ1) is 9.18. The molecule has 114 valence electrons. The van der Waals surface area contributed by atoms with Gasteiger partial charge in [0, 0.05) is 12.5 Å². The highest BCUT2D eigenvalue weighted by Crippen LogP contribution is 2.10. The summed E-state index contributed by atoms with van der Waals surface area (Å²) in [5.74, 6) is 0.289. The predicted molar refractivity (Wildman–Crippen MR) is 83.1 cm³/mol. The summed E-state index contributed by atoms with van der Waals surface area (Å²) in [6, 6.07) is 0. The lowest BCUT2D eigenvalue weighted by Crippen LogP contribution is -2.28. The predicted octanol–water partition coefficient (Wildman–Crippen LogP) is 3.62. The van der Waals surface area contributed by atoms with E-state index in [9.17, 15) is 4.79 Å². The molecule has 0 aromatic heterocycles. The zero-order chi connectivity index (χ0) is 14.3.